The number of nitro benzene ring substituents is 1. The van der Waals surface area contributed by atoms with Crippen LogP contribution in [0.1, 0.15) is 35.4 Å². The molecule has 0 saturated carbocycles. The highest BCUT2D eigenvalue weighted by Gasteiger charge is 2.18. The molecule has 126 valence electrons. The standard InChI is InChI=1S/C18H20N2O4/c1-14(15-8-3-2-4-9-15)24-13-7-12-19-18(21)16-10-5-6-11-17(16)20(22)23/h2-6,8-11,14H,7,12-13H2,1H3,(H,19,21)/t14-/m1/s1. The predicted octanol–water partition coefficient (Wildman–Crippen LogP) is 3.49. The fourth-order valence-electron chi connectivity index (χ4n) is 2.27. The molecule has 0 fully saturated rings. The summed E-state index contributed by atoms with van der Waals surface area (Å²) in [4.78, 5) is 22.4. The quantitative estimate of drug-likeness (QED) is 0.457. The number of amides is 1. The van der Waals surface area contributed by atoms with Gasteiger partial charge in [-0.05, 0) is 25.0 Å². The predicted molar refractivity (Wildman–Crippen MR) is 90.9 cm³/mol. The summed E-state index contributed by atoms with van der Waals surface area (Å²) in [6, 6.07) is 15.8. The third-order valence-electron chi connectivity index (χ3n) is 3.59. The summed E-state index contributed by atoms with van der Waals surface area (Å²) in [6.07, 6.45) is 0.612. The van der Waals surface area contributed by atoms with Crippen LogP contribution in [0.15, 0.2) is 54.6 Å². The lowest BCUT2D eigenvalue weighted by Crippen LogP contribution is -2.26. The maximum Gasteiger partial charge on any atom is 0.282 e. The van der Waals surface area contributed by atoms with E-state index in [0.717, 1.165) is 5.56 Å². The van der Waals surface area contributed by atoms with E-state index in [-0.39, 0.29) is 17.4 Å². The number of ether oxygens (including phenoxy) is 1. The van der Waals surface area contributed by atoms with Crippen LogP contribution in [-0.2, 0) is 4.74 Å². The number of nitrogens with one attached hydrogen (secondary N) is 1. The van der Waals surface area contributed by atoms with E-state index >= 15 is 0 Å². The molecule has 0 unspecified atom stereocenters. The minimum atomic E-state index is -0.556. The fraction of sp³-hybridized carbons (Fsp3) is 0.278. The monoisotopic (exact) mass is 328 g/mol. The summed E-state index contributed by atoms with van der Waals surface area (Å²) in [6.45, 7) is 2.86. The second-order valence-corrected chi connectivity index (χ2v) is 5.31. The lowest BCUT2D eigenvalue weighted by atomic mass is 10.1. The van der Waals surface area contributed by atoms with E-state index < -0.39 is 10.8 Å². The van der Waals surface area contributed by atoms with E-state index in [4.69, 9.17) is 4.74 Å². The molecule has 1 atom stereocenters. The summed E-state index contributed by atoms with van der Waals surface area (Å²) < 4.78 is 5.72. The van der Waals surface area contributed by atoms with E-state index in [9.17, 15) is 14.9 Å². The Morgan fingerprint density at radius 2 is 1.83 bits per heavy atom. The number of rotatable bonds is 8. The van der Waals surface area contributed by atoms with Crippen molar-refractivity contribution in [3.63, 3.8) is 0 Å². The van der Waals surface area contributed by atoms with Crippen molar-refractivity contribution in [1.82, 2.24) is 5.32 Å². The molecule has 0 aliphatic heterocycles. The van der Waals surface area contributed by atoms with Crippen molar-refractivity contribution in [2.24, 2.45) is 0 Å². The van der Waals surface area contributed by atoms with Crippen molar-refractivity contribution < 1.29 is 14.5 Å². The molecule has 1 N–H and O–H groups in total. The van der Waals surface area contributed by atoms with Gasteiger partial charge in [0.05, 0.1) is 11.0 Å². The molecule has 6 heteroatoms. The van der Waals surface area contributed by atoms with Gasteiger partial charge in [0, 0.05) is 19.2 Å². The second kappa shape index (κ2) is 8.79. The van der Waals surface area contributed by atoms with Crippen LogP contribution in [0.2, 0.25) is 0 Å². The van der Waals surface area contributed by atoms with Crippen LogP contribution >= 0.6 is 0 Å². The number of hydrogen-bond acceptors (Lipinski definition) is 4. The molecule has 0 aromatic heterocycles. The van der Waals surface area contributed by atoms with Crippen molar-refractivity contribution in [2.75, 3.05) is 13.2 Å². The number of nitro groups is 1. The molecule has 2 aromatic rings. The topological polar surface area (TPSA) is 81.5 Å². The average molecular weight is 328 g/mol. The number of carbonyl (C=O) groups is 1. The van der Waals surface area contributed by atoms with E-state index in [1.54, 1.807) is 6.07 Å². The van der Waals surface area contributed by atoms with Crippen LogP contribution in [0.3, 0.4) is 0 Å². The Kier molecular flexibility index (Phi) is 6.45. The number of hydrogen-bond donors (Lipinski definition) is 1. The highest BCUT2D eigenvalue weighted by Crippen LogP contribution is 2.17. The molecule has 0 radical (unpaired) electrons. The van der Waals surface area contributed by atoms with Crippen molar-refractivity contribution in [1.29, 1.82) is 0 Å². The smallest absolute Gasteiger partial charge is 0.282 e. The van der Waals surface area contributed by atoms with Gasteiger partial charge in [-0.1, -0.05) is 42.5 Å². The zero-order valence-corrected chi connectivity index (χ0v) is 13.5. The fourth-order valence-corrected chi connectivity index (χ4v) is 2.27. The van der Waals surface area contributed by atoms with Crippen molar-refractivity contribution in [3.05, 3.63) is 75.8 Å². The molecule has 0 aliphatic carbocycles. The zero-order chi connectivity index (χ0) is 17.4. The van der Waals surface area contributed by atoms with Gasteiger partial charge in [0.2, 0.25) is 0 Å². The van der Waals surface area contributed by atoms with Gasteiger partial charge in [-0.2, -0.15) is 0 Å². The Balaban J connectivity index is 1.75. The molecule has 2 aromatic carbocycles. The highest BCUT2D eigenvalue weighted by molar-refractivity contribution is 5.98. The number of benzene rings is 2. The molecule has 0 saturated heterocycles. The third-order valence-corrected chi connectivity index (χ3v) is 3.59. The van der Waals surface area contributed by atoms with Crippen LogP contribution in [0.25, 0.3) is 0 Å². The largest absolute Gasteiger partial charge is 0.374 e. The van der Waals surface area contributed by atoms with Gasteiger partial charge in [-0.3, -0.25) is 14.9 Å². The average Bonchev–Trinajstić information content (AvgIpc) is 2.61. The van der Waals surface area contributed by atoms with Crippen LogP contribution in [0, 0.1) is 10.1 Å². The van der Waals surface area contributed by atoms with Crippen molar-refractivity contribution in [2.45, 2.75) is 19.4 Å². The molecule has 0 aliphatic rings. The van der Waals surface area contributed by atoms with Gasteiger partial charge in [-0.25, -0.2) is 0 Å². The Morgan fingerprint density at radius 3 is 2.54 bits per heavy atom. The first-order valence-corrected chi connectivity index (χ1v) is 7.77. The molecule has 2 rings (SSSR count). The Bertz CT molecular complexity index is 688. The first kappa shape index (κ1) is 17.6. The van der Waals surface area contributed by atoms with E-state index in [1.165, 1.54) is 18.2 Å². The van der Waals surface area contributed by atoms with Crippen LogP contribution in [0.4, 0.5) is 5.69 Å². The number of para-hydroxylation sites is 1. The summed E-state index contributed by atoms with van der Waals surface area (Å²) in [5.41, 5.74) is 0.978. The third kappa shape index (κ3) is 4.89. The van der Waals surface area contributed by atoms with E-state index in [2.05, 4.69) is 5.32 Å². The molecule has 1 amide bonds. The van der Waals surface area contributed by atoms with Gasteiger partial charge in [0.1, 0.15) is 5.56 Å². The van der Waals surface area contributed by atoms with Crippen molar-refractivity contribution in [3.8, 4) is 0 Å². The molecule has 0 heterocycles. The summed E-state index contributed by atoms with van der Waals surface area (Å²) in [5, 5.41) is 13.6. The minimum absolute atomic E-state index is 0.0166. The van der Waals surface area contributed by atoms with Crippen molar-refractivity contribution >= 4 is 11.6 Å². The van der Waals surface area contributed by atoms with Gasteiger partial charge in [-0.15, -0.1) is 0 Å². The molecule has 0 bridgehead atoms. The van der Waals surface area contributed by atoms with Gasteiger partial charge in [0.25, 0.3) is 11.6 Å². The lowest BCUT2D eigenvalue weighted by molar-refractivity contribution is -0.385. The zero-order valence-electron chi connectivity index (χ0n) is 13.5. The molecular formula is C18H20N2O4. The number of carbonyl (C=O) groups excluding carboxylic acids is 1. The van der Waals surface area contributed by atoms with Crippen LogP contribution < -0.4 is 5.32 Å². The van der Waals surface area contributed by atoms with Crippen LogP contribution in [0.5, 0.6) is 0 Å². The Morgan fingerprint density at radius 1 is 1.17 bits per heavy atom. The normalized spacial score (nSPS) is 11.7. The Labute approximate surface area is 140 Å². The van der Waals surface area contributed by atoms with Gasteiger partial charge < -0.3 is 10.1 Å². The molecule has 6 nitrogen and oxygen atoms in total. The Hall–Kier alpha value is -2.73. The minimum Gasteiger partial charge on any atom is -0.374 e. The van der Waals surface area contributed by atoms with E-state index in [0.29, 0.717) is 19.6 Å². The summed E-state index contributed by atoms with van der Waals surface area (Å²) in [5.74, 6) is -0.446. The second-order valence-electron chi connectivity index (χ2n) is 5.31. The lowest BCUT2D eigenvalue weighted by Gasteiger charge is -2.13. The van der Waals surface area contributed by atoms with Gasteiger partial charge >= 0.3 is 0 Å². The molecule has 24 heavy (non-hydrogen) atoms. The maximum atomic E-state index is 12.0. The van der Waals surface area contributed by atoms with Gasteiger partial charge in [0.15, 0.2) is 0 Å². The summed E-state index contributed by atoms with van der Waals surface area (Å²) >= 11 is 0. The van der Waals surface area contributed by atoms with Crippen LogP contribution in [-0.4, -0.2) is 24.0 Å². The molecule has 0 spiro atoms. The maximum absolute atomic E-state index is 12.0. The number of nitrogens with zero attached hydrogens (tertiary/aromatic N) is 1. The van der Waals surface area contributed by atoms with E-state index in [1.807, 2.05) is 37.3 Å². The first-order valence-electron chi connectivity index (χ1n) is 7.77. The highest BCUT2D eigenvalue weighted by atomic mass is 16.6. The SMILES string of the molecule is C[C@@H](OCCCNC(=O)c1ccccc1[N+](=O)[O-])c1ccccc1. The molecular weight excluding hydrogens is 308 g/mol. The summed E-state index contributed by atoms with van der Waals surface area (Å²) in [7, 11) is 0. The first-order chi connectivity index (χ1) is 11.6.